The van der Waals surface area contributed by atoms with Gasteiger partial charge in [-0.3, -0.25) is 0 Å². The molecule has 0 amide bonds. The van der Waals surface area contributed by atoms with Crippen molar-refractivity contribution in [2.24, 2.45) is 5.92 Å². The quantitative estimate of drug-likeness (QED) is 0.566. The number of hydrogen-bond acceptors (Lipinski definition) is 2. The summed E-state index contributed by atoms with van der Waals surface area (Å²) in [7, 11) is 0. The Bertz CT molecular complexity index is 181. The van der Waals surface area contributed by atoms with Crippen LogP contribution < -0.4 is 0 Å². The molecule has 0 spiro atoms. The maximum absolute atomic E-state index is 10.7. The van der Waals surface area contributed by atoms with Gasteiger partial charge in [-0.25, -0.2) is 0 Å². The minimum Gasteiger partial charge on any atom is -0.300 e. The molecule has 0 rings (SSSR count). The summed E-state index contributed by atoms with van der Waals surface area (Å²) in [6, 6.07) is 2.26. The Morgan fingerprint density at radius 2 is 2.08 bits per heavy atom. The second-order valence-corrected chi connectivity index (χ2v) is 3.56. The zero-order chi connectivity index (χ0) is 10.1. The molecule has 2 nitrogen and oxygen atoms in total. The van der Waals surface area contributed by atoms with E-state index in [1.54, 1.807) is 6.92 Å². The molecule has 0 fully saturated rings. The first-order valence-electron chi connectivity index (χ1n) is 5.09. The van der Waals surface area contributed by atoms with Gasteiger partial charge in [-0.15, -0.1) is 0 Å². The van der Waals surface area contributed by atoms with E-state index in [0.29, 0.717) is 6.42 Å². The normalized spacial score (nSPS) is 12.1. The Hall–Kier alpha value is -0.840. The number of nitriles is 1. The minimum atomic E-state index is 0.0930. The van der Waals surface area contributed by atoms with Crippen molar-refractivity contribution in [3.8, 4) is 6.07 Å². The fraction of sp³-hybridized carbons (Fsp3) is 0.818. The van der Waals surface area contributed by atoms with Gasteiger partial charge in [0.1, 0.15) is 5.78 Å². The highest BCUT2D eigenvalue weighted by atomic mass is 16.1. The lowest BCUT2D eigenvalue weighted by atomic mass is 9.97. The lowest BCUT2D eigenvalue weighted by Gasteiger charge is -2.06. The molecule has 0 aromatic rings. The van der Waals surface area contributed by atoms with E-state index in [4.69, 9.17) is 5.26 Å². The van der Waals surface area contributed by atoms with Gasteiger partial charge in [0.25, 0.3) is 0 Å². The fourth-order valence-electron chi connectivity index (χ4n) is 1.29. The first-order chi connectivity index (χ1) is 6.20. The molecule has 0 bridgehead atoms. The number of carbonyl (C=O) groups is 1. The van der Waals surface area contributed by atoms with Crippen LogP contribution in [0.5, 0.6) is 0 Å². The largest absolute Gasteiger partial charge is 0.300 e. The second kappa shape index (κ2) is 7.79. The number of Topliss-reactive ketones (excluding diaryl/α,β-unsaturated/α-hetero) is 1. The van der Waals surface area contributed by atoms with E-state index in [9.17, 15) is 4.79 Å². The van der Waals surface area contributed by atoms with Crippen molar-refractivity contribution >= 4 is 5.78 Å². The number of nitrogens with zero attached hydrogens (tertiary/aromatic N) is 1. The molecule has 0 heterocycles. The lowest BCUT2D eigenvalue weighted by Crippen LogP contribution is -2.00. The van der Waals surface area contributed by atoms with E-state index in [1.807, 2.05) is 0 Å². The average Bonchev–Trinajstić information content (AvgIpc) is 2.10. The second-order valence-electron chi connectivity index (χ2n) is 3.56. The van der Waals surface area contributed by atoms with E-state index in [0.717, 1.165) is 19.3 Å². The highest BCUT2D eigenvalue weighted by Gasteiger charge is 2.07. The van der Waals surface area contributed by atoms with Crippen LogP contribution in [0, 0.1) is 17.2 Å². The van der Waals surface area contributed by atoms with Gasteiger partial charge in [0.2, 0.25) is 0 Å². The molecule has 1 atom stereocenters. The topological polar surface area (TPSA) is 40.9 Å². The lowest BCUT2D eigenvalue weighted by molar-refractivity contribution is -0.117. The highest BCUT2D eigenvalue weighted by molar-refractivity contribution is 5.75. The molecule has 0 aromatic heterocycles. The Labute approximate surface area is 80.9 Å². The van der Waals surface area contributed by atoms with E-state index in [-0.39, 0.29) is 11.7 Å². The number of hydrogen-bond donors (Lipinski definition) is 0. The van der Waals surface area contributed by atoms with Gasteiger partial charge in [-0.05, 0) is 19.8 Å². The van der Waals surface area contributed by atoms with Crippen molar-refractivity contribution in [3.05, 3.63) is 0 Å². The van der Waals surface area contributed by atoms with Gasteiger partial charge >= 0.3 is 0 Å². The van der Waals surface area contributed by atoms with E-state index in [1.165, 1.54) is 12.8 Å². The third-order valence-corrected chi connectivity index (χ3v) is 2.18. The Kier molecular flexibility index (Phi) is 7.29. The van der Waals surface area contributed by atoms with Crippen molar-refractivity contribution in [2.75, 3.05) is 0 Å². The summed E-state index contributed by atoms with van der Waals surface area (Å²) in [6.45, 7) is 3.73. The standard InChI is InChI=1S/C11H19NO/c1-3-4-5-6-11(9-12)8-7-10(2)13/h11H,3-8H2,1-2H3/t11-/m1/s1. The molecule has 0 aliphatic carbocycles. The van der Waals surface area contributed by atoms with Crippen molar-refractivity contribution in [2.45, 2.75) is 52.4 Å². The molecule has 0 N–H and O–H groups in total. The summed E-state index contributed by atoms with van der Waals surface area (Å²) < 4.78 is 0. The molecule has 0 aromatic carbocycles. The smallest absolute Gasteiger partial charge is 0.129 e. The number of ketones is 1. The van der Waals surface area contributed by atoms with Gasteiger partial charge in [0, 0.05) is 12.3 Å². The molecule has 0 radical (unpaired) electrons. The molecule has 0 aliphatic rings. The van der Waals surface area contributed by atoms with E-state index < -0.39 is 0 Å². The summed E-state index contributed by atoms with van der Waals surface area (Å²) in [6.07, 6.45) is 5.76. The van der Waals surface area contributed by atoms with Gasteiger partial charge in [0.05, 0.1) is 6.07 Å². The molecule has 0 saturated carbocycles. The van der Waals surface area contributed by atoms with Crippen LogP contribution in [0.3, 0.4) is 0 Å². The Balaban J connectivity index is 3.53. The highest BCUT2D eigenvalue weighted by Crippen LogP contribution is 2.14. The van der Waals surface area contributed by atoms with Crippen LogP contribution >= 0.6 is 0 Å². The summed E-state index contributed by atoms with van der Waals surface area (Å²) in [5.41, 5.74) is 0. The number of unbranched alkanes of at least 4 members (excludes halogenated alkanes) is 2. The van der Waals surface area contributed by atoms with Crippen LogP contribution in [0.15, 0.2) is 0 Å². The minimum absolute atomic E-state index is 0.0930. The summed E-state index contributed by atoms with van der Waals surface area (Å²) in [4.78, 5) is 10.7. The first kappa shape index (κ1) is 12.2. The molecule has 0 aliphatic heterocycles. The van der Waals surface area contributed by atoms with E-state index >= 15 is 0 Å². The third-order valence-electron chi connectivity index (χ3n) is 2.18. The molecule has 0 saturated heterocycles. The maximum atomic E-state index is 10.7. The molecule has 2 heteroatoms. The van der Waals surface area contributed by atoms with E-state index in [2.05, 4.69) is 13.0 Å². The first-order valence-corrected chi connectivity index (χ1v) is 5.09. The summed E-state index contributed by atoms with van der Waals surface area (Å²) >= 11 is 0. The van der Waals surface area contributed by atoms with Crippen LogP contribution in [0.4, 0.5) is 0 Å². The van der Waals surface area contributed by atoms with Crippen LogP contribution in [-0.2, 0) is 4.79 Å². The van der Waals surface area contributed by atoms with Gasteiger partial charge in [0.15, 0.2) is 0 Å². The van der Waals surface area contributed by atoms with Gasteiger partial charge < -0.3 is 4.79 Å². The molecule has 74 valence electrons. The third kappa shape index (κ3) is 7.52. The predicted octanol–water partition coefficient (Wildman–Crippen LogP) is 3.08. The molecular weight excluding hydrogens is 162 g/mol. The van der Waals surface area contributed by atoms with Crippen molar-refractivity contribution in [1.29, 1.82) is 5.26 Å². The van der Waals surface area contributed by atoms with Gasteiger partial charge in [-0.1, -0.05) is 26.2 Å². The predicted molar refractivity (Wildman–Crippen MR) is 53.2 cm³/mol. The number of carbonyl (C=O) groups excluding carboxylic acids is 1. The van der Waals surface area contributed by atoms with Crippen molar-refractivity contribution < 1.29 is 4.79 Å². The zero-order valence-electron chi connectivity index (χ0n) is 8.68. The Morgan fingerprint density at radius 1 is 1.38 bits per heavy atom. The molecule has 0 unspecified atom stereocenters. The van der Waals surface area contributed by atoms with Gasteiger partial charge in [-0.2, -0.15) is 5.26 Å². The zero-order valence-corrected chi connectivity index (χ0v) is 8.68. The summed E-state index contributed by atoms with van der Waals surface area (Å²) in [5, 5.41) is 8.78. The number of rotatable bonds is 7. The van der Waals surface area contributed by atoms with Crippen LogP contribution in [0.2, 0.25) is 0 Å². The van der Waals surface area contributed by atoms with Crippen molar-refractivity contribution in [1.82, 2.24) is 0 Å². The SMILES string of the molecule is CCCCC[C@@H](C#N)CCC(C)=O. The van der Waals surface area contributed by atoms with Crippen LogP contribution in [-0.4, -0.2) is 5.78 Å². The van der Waals surface area contributed by atoms with Crippen molar-refractivity contribution in [3.63, 3.8) is 0 Å². The maximum Gasteiger partial charge on any atom is 0.129 e. The van der Waals surface area contributed by atoms with Crippen LogP contribution in [0.25, 0.3) is 0 Å². The average molecular weight is 181 g/mol. The Morgan fingerprint density at radius 3 is 2.54 bits per heavy atom. The summed E-state index contributed by atoms with van der Waals surface area (Å²) in [5.74, 6) is 0.284. The fourth-order valence-corrected chi connectivity index (χ4v) is 1.29. The molecule has 13 heavy (non-hydrogen) atoms. The van der Waals surface area contributed by atoms with Crippen LogP contribution in [0.1, 0.15) is 52.4 Å². The monoisotopic (exact) mass is 181 g/mol. The molecular formula is C11H19NO.